The Balaban J connectivity index is 1.95. The summed E-state index contributed by atoms with van der Waals surface area (Å²) in [6, 6.07) is 0.826. The second-order valence-corrected chi connectivity index (χ2v) is 2.60. The predicted octanol–water partition coefficient (Wildman–Crippen LogP) is 1.31. The summed E-state index contributed by atoms with van der Waals surface area (Å²) >= 11 is 0. The van der Waals surface area contributed by atoms with Crippen LogP contribution in [0.3, 0.4) is 0 Å². The van der Waals surface area contributed by atoms with Crippen LogP contribution in [0.25, 0.3) is 0 Å². The summed E-state index contributed by atoms with van der Waals surface area (Å²) in [7, 11) is 0. The molecule has 1 aliphatic heterocycles. The van der Waals surface area contributed by atoms with Crippen LogP contribution in [0.2, 0.25) is 0 Å². The predicted molar refractivity (Wildman–Crippen MR) is 35.8 cm³/mol. The van der Waals surface area contributed by atoms with Crippen molar-refractivity contribution in [1.82, 2.24) is 5.32 Å². The van der Waals surface area contributed by atoms with Crippen molar-refractivity contribution in [2.24, 2.45) is 0 Å². The van der Waals surface area contributed by atoms with Crippen molar-refractivity contribution in [3.8, 4) is 0 Å². The Morgan fingerprint density at radius 3 is 2.88 bits per heavy atom. The van der Waals surface area contributed by atoms with Crippen molar-refractivity contribution in [2.75, 3.05) is 6.54 Å². The number of allylic oxidation sites excluding steroid dienone is 1. The number of rotatable bonds is 3. The Hall–Kier alpha value is -0.300. The normalized spacial score (nSPS) is 25.4. The molecule has 1 heterocycles. The molecule has 1 atom stereocenters. The van der Waals surface area contributed by atoms with E-state index in [1.807, 2.05) is 0 Å². The van der Waals surface area contributed by atoms with E-state index in [9.17, 15) is 0 Å². The van der Waals surface area contributed by atoms with Crippen molar-refractivity contribution >= 4 is 0 Å². The second kappa shape index (κ2) is 2.31. The van der Waals surface area contributed by atoms with Crippen molar-refractivity contribution in [3.05, 3.63) is 12.2 Å². The smallest absolute Gasteiger partial charge is 0.0196 e. The van der Waals surface area contributed by atoms with Crippen LogP contribution in [-0.2, 0) is 0 Å². The minimum atomic E-state index is 0.826. The van der Waals surface area contributed by atoms with Crippen molar-refractivity contribution in [2.45, 2.75) is 25.8 Å². The van der Waals surface area contributed by atoms with Crippen LogP contribution in [0.15, 0.2) is 12.2 Å². The topological polar surface area (TPSA) is 21.9 Å². The molecule has 0 saturated carbocycles. The second-order valence-electron chi connectivity index (χ2n) is 2.60. The Bertz CT molecular complexity index is 92.6. The maximum absolute atomic E-state index is 3.83. The first kappa shape index (κ1) is 5.83. The molecule has 0 aromatic rings. The fourth-order valence-electron chi connectivity index (χ4n) is 0.708. The van der Waals surface area contributed by atoms with Crippen LogP contribution in [0.5, 0.6) is 0 Å². The molecule has 0 aromatic heterocycles. The minimum absolute atomic E-state index is 0.826. The Morgan fingerprint density at radius 1 is 1.88 bits per heavy atom. The Kier molecular flexibility index (Phi) is 1.69. The van der Waals surface area contributed by atoms with Gasteiger partial charge in [-0.15, -0.1) is 6.58 Å². The molecule has 1 rings (SSSR count). The van der Waals surface area contributed by atoms with Gasteiger partial charge in [0.2, 0.25) is 0 Å². The lowest BCUT2D eigenvalue weighted by Crippen LogP contribution is -1.89. The molecule has 0 radical (unpaired) electrons. The quantitative estimate of drug-likeness (QED) is 0.430. The van der Waals surface area contributed by atoms with Crippen molar-refractivity contribution in [3.63, 3.8) is 0 Å². The molecule has 1 N–H and O–H groups in total. The van der Waals surface area contributed by atoms with Gasteiger partial charge in [0, 0.05) is 12.6 Å². The summed E-state index contributed by atoms with van der Waals surface area (Å²) in [5.41, 5.74) is 1.30. The van der Waals surface area contributed by atoms with E-state index < -0.39 is 0 Å². The first-order valence-corrected chi connectivity index (χ1v) is 3.17. The molecule has 0 aliphatic carbocycles. The van der Waals surface area contributed by atoms with Crippen LogP contribution >= 0.6 is 0 Å². The van der Waals surface area contributed by atoms with Gasteiger partial charge in [0.1, 0.15) is 0 Å². The van der Waals surface area contributed by atoms with Gasteiger partial charge in [0.15, 0.2) is 0 Å². The third kappa shape index (κ3) is 2.12. The monoisotopic (exact) mass is 111 g/mol. The van der Waals surface area contributed by atoms with Crippen LogP contribution in [0, 0.1) is 0 Å². The summed E-state index contributed by atoms with van der Waals surface area (Å²) in [4.78, 5) is 0. The van der Waals surface area contributed by atoms with E-state index in [1.54, 1.807) is 0 Å². The average Bonchev–Trinajstić information content (AvgIpc) is 2.41. The van der Waals surface area contributed by atoms with Crippen LogP contribution in [0.4, 0.5) is 0 Å². The van der Waals surface area contributed by atoms with Gasteiger partial charge < -0.3 is 5.32 Å². The zero-order valence-electron chi connectivity index (χ0n) is 5.41. The maximum atomic E-state index is 3.83. The molecule has 46 valence electrons. The highest BCUT2D eigenvalue weighted by molar-refractivity contribution is 4.93. The van der Waals surface area contributed by atoms with Crippen LogP contribution < -0.4 is 5.32 Å². The third-order valence-electron chi connectivity index (χ3n) is 1.41. The van der Waals surface area contributed by atoms with Gasteiger partial charge in [-0.2, -0.15) is 0 Å². The summed E-state index contributed by atoms with van der Waals surface area (Å²) in [6.45, 7) is 7.14. The van der Waals surface area contributed by atoms with E-state index in [0.717, 1.165) is 6.04 Å². The molecule has 1 fully saturated rings. The SMILES string of the molecule is C=C(C)CCC1CN1. The molecule has 8 heavy (non-hydrogen) atoms. The first-order chi connectivity index (χ1) is 3.79. The van der Waals surface area contributed by atoms with Gasteiger partial charge in [-0.1, -0.05) is 5.57 Å². The van der Waals surface area contributed by atoms with Gasteiger partial charge in [0.25, 0.3) is 0 Å². The van der Waals surface area contributed by atoms with E-state index in [2.05, 4.69) is 18.8 Å². The molecular weight excluding hydrogens is 98.1 g/mol. The molecule has 1 unspecified atom stereocenters. The fourth-order valence-corrected chi connectivity index (χ4v) is 0.708. The molecule has 0 aromatic carbocycles. The Morgan fingerprint density at radius 2 is 2.50 bits per heavy atom. The van der Waals surface area contributed by atoms with E-state index >= 15 is 0 Å². The highest BCUT2D eigenvalue weighted by Gasteiger charge is 2.18. The van der Waals surface area contributed by atoms with E-state index in [0.29, 0.717) is 0 Å². The molecule has 0 bridgehead atoms. The first-order valence-electron chi connectivity index (χ1n) is 3.17. The van der Waals surface area contributed by atoms with Crippen molar-refractivity contribution < 1.29 is 0 Å². The van der Waals surface area contributed by atoms with Gasteiger partial charge in [0.05, 0.1) is 0 Å². The molecule has 0 spiro atoms. The highest BCUT2D eigenvalue weighted by atomic mass is 15.1. The summed E-state index contributed by atoms with van der Waals surface area (Å²) < 4.78 is 0. The summed E-state index contributed by atoms with van der Waals surface area (Å²) in [6.07, 6.45) is 2.48. The van der Waals surface area contributed by atoms with E-state index in [1.165, 1.54) is 25.0 Å². The number of hydrogen-bond donors (Lipinski definition) is 1. The standard InChI is InChI=1S/C7H13N/c1-6(2)3-4-7-5-8-7/h7-8H,1,3-5H2,2H3. The largest absolute Gasteiger partial charge is 0.311 e. The van der Waals surface area contributed by atoms with Crippen LogP contribution in [-0.4, -0.2) is 12.6 Å². The number of nitrogens with one attached hydrogen (secondary N) is 1. The lowest BCUT2D eigenvalue weighted by Gasteiger charge is -1.93. The van der Waals surface area contributed by atoms with E-state index in [-0.39, 0.29) is 0 Å². The minimum Gasteiger partial charge on any atom is -0.311 e. The average molecular weight is 111 g/mol. The molecule has 1 nitrogen and oxygen atoms in total. The van der Waals surface area contributed by atoms with Crippen molar-refractivity contribution in [1.29, 1.82) is 0 Å². The highest BCUT2D eigenvalue weighted by Crippen LogP contribution is 2.09. The van der Waals surface area contributed by atoms with Gasteiger partial charge in [-0.25, -0.2) is 0 Å². The molecular formula is C7H13N. The van der Waals surface area contributed by atoms with Gasteiger partial charge in [-0.05, 0) is 19.8 Å². The molecule has 1 heteroatoms. The zero-order valence-corrected chi connectivity index (χ0v) is 5.41. The summed E-state index contributed by atoms with van der Waals surface area (Å²) in [5, 5.41) is 3.25. The lowest BCUT2D eigenvalue weighted by molar-refractivity contribution is 0.796. The zero-order chi connectivity index (χ0) is 5.98. The summed E-state index contributed by atoms with van der Waals surface area (Å²) in [5.74, 6) is 0. The lowest BCUT2D eigenvalue weighted by atomic mass is 10.1. The maximum Gasteiger partial charge on any atom is 0.0196 e. The molecule has 1 aliphatic rings. The van der Waals surface area contributed by atoms with E-state index in [4.69, 9.17) is 0 Å². The van der Waals surface area contributed by atoms with Crippen LogP contribution in [0.1, 0.15) is 19.8 Å². The number of hydrogen-bond acceptors (Lipinski definition) is 1. The Labute approximate surface area is 50.8 Å². The van der Waals surface area contributed by atoms with Gasteiger partial charge in [-0.3, -0.25) is 0 Å². The molecule has 1 saturated heterocycles. The van der Waals surface area contributed by atoms with Gasteiger partial charge >= 0.3 is 0 Å². The molecule has 0 amide bonds. The third-order valence-corrected chi connectivity index (χ3v) is 1.41. The fraction of sp³-hybridized carbons (Fsp3) is 0.714.